The molecule has 1 aromatic carbocycles. The van der Waals surface area contributed by atoms with Crippen molar-refractivity contribution >= 4 is 18.0 Å². The van der Waals surface area contributed by atoms with Crippen LogP contribution < -0.4 is 4.74 Å². The van der Waals surface area contributed by atoms with Crippen molar-refractivity contribution in [3.63, 3.8) is 0 Å². The summed E-state index contributed by atoms with van der Waals surface area (Å²) in [4.78, 5) is 25.7. The zero-order valence-electron chi connectivity index (χ0n) is 13.0. The van der Waals surface area contributed by atoms with Crippen LogP contribution in [0.15, 0.2) is 30.3 Å². The lowest BCUT2D eigenvalue weighted by molar-refractivity contribution is -0.153. The third-order valence-electron chi connectivity index (χ3n) is 3.77. The molecule has 1 aromatic rings. The first-order valence-corrected chi connectivity index (χ1v) is 7.36. The Kier molecular flexibility index (Phi) is 5.58. The van der Waals surface area contributed by atoms with Crippen LogP contribution in [-0.2, 0) is 14.3 Å². The predicted octanol–water partition coefficient (Wildman–Crippen LogP) is 2.26. The summed E-state index contributed by atoms with van der Waals surface area (Å²) in [5, 5.41) is 0. The van der Waals surface area contributed by atoms with E-state index in [0.29, 0.717) is 13.0 Å². The van der Waals surface area contributed by atoms with Gasteiger partial charge in [0.15, 0.2) is 0 Å². The summed E-state index contributed by atoms with van der Waals surface area (Å²) in [6, 6.07) is 6.97. The van der Waals surface area contributed by atoms with Crippen LogP contribution in [0.4, 0.5) is 0 Å². The van der Waals surface area contributed by atoms with Crippen molar-refractivity contribution in [2.75, 3.05) is 20.8 Å². The van der Waals surface area contributed by atoms with Crippen molar-refractivity contribution in [1.29, 1.82) is 0 Å². The molecule has 118 valence electrons. The lowest BCUT2D eigenvalue weighted by Crippen LogP contribution is -2.47. The maximum absolute atomic E-state index is 12.4. The summed E-state index contributed by atoms with van der Waals surface area (Å²) >= 11 is 0. The number of rotatable bonds is 4. The number of nitrogens with zero attached hydrogens (tertiary/aromatic N) is 1. The molecule has 22 heavy (non-hydrogen) atoms. The Balaban J connectivity index is 2.08. The smallest absolute Gasteiger partial charge is 0.328 e. The summed E-state index contributed by atoms with van der Waals surface area (Å²) in [6.07, 6.45) is 5.73. The molecule has 5 heteroatoms. The first kappa shape index (κ1) is 16.1. The minimum atomic E-state index is -0.471. The molecule has 1 unspecified atom stereocenters. The summed E-state index contributed by atoms with van der Waals surface area (Å²) < 4.78 is 9.94. The van der Waals surface area contributed by atoms with E-state index >= 15 is 0 Å². The van der Waals surface area contributed by atoms with Crippen LogP contribution >= 0.6 is 0 Å². The van der Waals surface area contributed by atoms with Gasteiger partial charge in [0.2, 0.25) is 5.91 Å². The molecule has 0 spiro atoms. The Hall–Kier alpha value is -2.30. The zero-order chi connectivity index (χ0) is 15.9. The number of carbonyl (C=O) groups excluding carboxylic acids is 2. The Morgan fingerprint density at radius 2 is 2.09 bits per heavy atom. The van der Waals surface area contributed by atoms with Gasteiger partial charge in [0, 0.05) is 12.6 Å². The second-order valence-corrected chi connectivity index (χ2v) is 5.18. The van der Waals surface area contributed by atoms with E-state index in [1.54, 1.807) is 18.1 Å². The lowest BCUT2D eigenvalue weighted by atomic mass is 10.0. The molecule has 5 nitrogen and oxygen atoms in total. The van der Waals surface area contributed by atoms with E-state index in [9.17, 15) is 9.59 Å². The molecule has 1 aliphatic rings. The van der Waals surface area contributed by atoms with E-state index in [1.165, 1.54) is 13.2 Å². The van der Waals surface area contributed by atoms with Crippen LogP contribution in [-0.4, -0.2) is 43.6 Å². The fourth-order valence-corrected chi connectivity index (χ4v) is 2.58. The van der Waals surface area contributed by atoms with Crippen molar-refractivity contribution in [1.82, 2.24) is 4.90 Å². The highest BCUT2D eigenvalue weighted by molar-refractivity contribution is 5.94. The fourth-order valence-electron chi connectivity index (χ4n) is 2.58. The number of hydrogen-bond donors (Lipinski definition) is 0. The molecule has 0 saturated carbocycles. The maximum Gasteiger partial charge on any atom is 0.328 e. The molecule has 1 amide bonds. The number of methoxy groups -OCH3 is 2. The second kappa shape index (κ2) is 7.64. The Morgan fingerprint density at radius 1 is 1.27 bits per heavy atom. The molecule has 0 bridgehead atoms. The number of amides is 1. The largest absolute Gasteiger partial charge is 0.497 e. The zero-order valence-corrected chi connectivity index (χ0v) is 13.0. The molecule has 2 rings (SSSR count). The Bertz CT molecular complexity index is 568. The van der Waals surface area contributed by atoms with Crippen LogP contribution in [0.3, 0.4) is 0 Å². The van der Waals surface area contributed by atoms with Gasteiger partial charge in [-0.1, -0.05) is 12.1 Å². The van der Waals surface area contributed by atoms with Crippen molar-refractivity contribution in [3.05, 3.63) is 35.9 Å². The first-order chi connectivity index (χ1) is 10.7. The molecule has 0 N–H and O–H groups in total. The molecular formula is C17H21NO4. The van der Waals surface area contributed by atoms with Crippen molar-refractivity contribution in [2.45, 2.75) is 25.3 Å². The molecule has 0 aromatic heterocycles. The number of benzene rings is 1. The monoisotopic (exact) mass is 303 g/mol. The number of hydrogen-bond acceptors (Lipinski definition) is 4. The highest BCUT2D eigenvalue weighted by Crippen LogP contribution is 2.19. The van der Waals surface area contributed by atoms with Gasteiger partial charge in [0.1, 0.15) is 11.8 Å². The van der Waals surface area contributed by atoms with Crippen molar-refractivity contribution < 1.29 is 19.1 Å². The molecule has 0 radical (unpaired) electrons. The summed E-state index contributed by atoms with van der Waals surface area (Å²) in [6.45, 7) is 0.584. The highest BCUT2D eigenvalue weighted by Gasteiger charge is 2.31. The minimum absolute atomic E-state index is 0.169. The molecule has 1 saturated heterocycles. The van der Waals surface area contributed by atoms with E-state index in [1.807, 2.05) is 24.3 Å². The third kappa shape index (κ3) is 3.87. The van der Waals surface area contributed by atoms with E-state index in [2.05, 4.69) is 0 Å². The van der Waals surface area contributed by atoms with E-state index in [0.717, 1.165) is 24.2 Å². The second-order valence-electron chi connectivity index (χ2n) is 5.18. The highest BCUT2D eigenvalue weighted by atomic mass is 16.5. The van der Waals surface area contributed by atoms with Gasteiger partial charge in [0.25, 0.3) is 0 Å². The average molecular weight is 303 g/mol. The van der Waals surface area contributed by atoms with E-state index in [-0.39, 0.29) is 11.9 Å². The quantitative estimate of drug-likeness (QED) is 0.632. The van der Waals surface area contributed by atoms with E-state index in [4.69, 9.17) is 9.47 Å². The maximum atomic E-state index is 12.4. The van der Waals surface area contributed by atoms with Gasteiger partial charge in [-0.05, 0) is 43.0 Å². The Labute approximate surface area is 130 Å². The standard InChI is InChI=1S/C17H21NO4/c1-21-14-7-5-6-13(12-14)9-10-16(19)18-11-4-3-8-15(18)17(20)22-2/h5-7,9-10,12,15H,3-4,8,11H2,1-2H3. The van der Waals surface area contributed by atoms with Gasteiger partial charge < -0.3 is 14.4 Å². The number of likely N-dealkylation sites (tertiary alicyclic amines) is 1. The summed E-state index contributed by atoms with van der Waals surface area (Å²) in [5.41, 5.74) is 0.874. The third-order valence-corrected chi connectivity index (χ3v) is 3.77. The van der Waals surface area contributed by atoms with Gasteiger partial charge in [-0.15, -0.1) is 0 Å². The number of carbonyl (C=O) groups is 2. The van der Waals surface area contributed by atoms with Crippen LogP contribution in [0.1, 0.15) is 24.8 Å². The molecule has 0 aliphatic carbocycles. The molecule has 1 heterocycles. The minimum Gasteiger partial charge on any atom is -0.497 e. The van der Waals surface area contributed by atoms with Crippen LogP contribution in [0.5, 0.6) is 5.75 Å². The first-order valence-electron chi connectivity index (χ1n) is 7.36. The SMILES string of the molecule is COC(=O)C1CCCCN1C(=O)C=Cc1cccc(OC)c1. The average Bonchev–Trinajstić information content (AvgIpc) is 2.59. The summed E-state index contributed by atoms with van der Waals surface area (Å²) in [5.74, 6) is 0.223. The van der Waals surface area contributed by atoms with Gasteiger partial charge in [0.05, 0.1) is 14.2 Å². The lowest BCUT2D eigenvalue weighted by Gasteiger charge is -2.32. The molecule has 1 aliphatic heterocycles. The van der Waals surface area contributed by atoms with Gasteiger partial charge in [-0.25, -0.2) is 4.79 Å². The number of ether oxygens (including phenoxy) is 2. The fraction of sp³-hybridized carbons (Fsp3) is 0.412. The van der Waals surface area contributed by atoms with E-state index < -0.39 is 6.04 Å². The summed E-state index contributed by atoms with van der Waals surface area (Å²) in [7, 11) is 2.95. The molecular weight excluding hydrogens is 282 g/mol. The topological polar surface area (TPSA) is 55.8 Å². The van der Waals surface area contributed by atoms with Crippen LogP contribution in [0.25, 0.3) is 6.08 Å². The molecule has 1 fully saturated rings. The van der Waals surface area contributed by atoms with Gasteiger partial charge in [-0.3, -0.25) is 4.79 Å². The molecule has 1 atom stereocenters. The Morgan fingerprint density at radius 3 is 2.82 bits per heavy atom. The normalized spacial score (nSPS) is 18.3. The van der Waals surface area contributed by atoms with Crippen LogP contribution in [0, 0.1) is 0 Å². The number of esters is 1. The van der Waals surface area contributed by atoms with Gasteiger partial charge >= 0.3 is 5.97 Å². The van der Waals surface area contributed by atoms with Crippen LogP contribution in [0.2, 0.25) is 0 Å². The predicted molar refractivity (Wildman–Crippen MR) is 83.4 cm³/mol. The van der Waals surface area contributed by atoms with Crippen molar-refractivity contribution in [3.8, 4) is 5.75 Å². The van der Waals surface area contributed by atoms with Crippen molar-refractivity contribution in [2.24, 2.45) is 0 Å². The van der Waals surface area contributed by atoms with Gasteiger partial charge in [-0.2, -0.15) is 0 Å². The number of piperidine rings is 1.